The summed E-state index contributed by atoms with van der Waals surface area (Å²) in [6.07, 6.45) is 2.47. The van der Waals surface area contributed by atoms with Crippen LogP contribution in [0.3, 0.4) is 0 Å². The molecule has 28 heavy (non-hydrogen) atoms. The molecule has 0 spiro atoms. The number of rotatable bonds is 4. The van der Waals surface area contributed by atoms with Crippen molar-refractivity contribution in [2.45, 2.75) is 26.2 Å². The Kier molecular flexibility index (Phi) is 6.02. The van der Waals surface area contributed by atoms with E-state index in [1.807, 2.05) is 0 Å². The van der Waals surface area contributed by atoms with Crippen molar-refractivity contribution in [2.75, 3.05) is 27.2 Å². The Labute approximate surface area is 164 Å². The molecule has 1 aliphatic heterocycles. The molecule has 1 aliphatic rings. The molecule has 0 saturated carbocycles. The van der Waals surface area contributed by atoms with Gasteiger partial charge in [0.15, 0.2) is 0 Å². The smallest absolute Gasteiger partial charge is 0.272 e. The Hall–Kier alpha value is -2.83. The number of aryl methyl sites for hydroxylation is 1. The number of halogens is 1. The highest BCUT2D eigenvalue weighted by molar-refractivity contribution is 5.94. The van der Waals surface area contributed by atoms with Crippen LogP contribution in [0.1, 0.15) is 45.2 Å². The molecule has 0 N–H and O–H groups in total. The zero-order valence-corrected chi connectivity index (χ0v) is 16.5. The summed E-state index contributed by atoms with van der Waals surface area (Å²) >= 11 is 0. The van der Waals surface area contributed by atoms with E-state index in [1.54, 1.807) is 44.1 Å². The van der Waals surface area contributed by atoms with Gasteiger partial charge >= 0.3 is 0 Å². The normalized spacial score (nSPS) is 16.7. The zero-order chi connectivity index (χ0) is 20.3. The van der Waals surface area contributed by atoms with Crippen LogP contribution in [0.25, 0.3) is 0 Å². The van der Waals surface area contributed by atoms with Crippen LogP contribution in [0.5, 0.6) is 0 Å². The Morgan fingerprint density at radius 1 is 1.25 bits per heavy atom. The van der Waals surface area contributed by atoms with Gasteiger partial charge in [0.25, 0.3) is 11.8 Å². The van der Waals surface area contributed by atoms with Gasteiger partial charge in [0, 0.05) is 32.9 Å². The van der Waals surface area contributed by atoms with Gasteiger partial charge in [-0.05, 0) is 50.3 Å². The Morgan fingerprint density at radius 3 is 2.71 bits per heavy atom. The van der Waals surface area contributed by atoms with Gasteiger partial charge in [0.1, 0.15) is 17.3 Å². The number of carbonyl (C=O) groups is 2. The molecule has 7 heteroatoms. The van der Waals surface area contributed by atoms with Gasteiger partial charge < -0.3 is 9.80 Å². The van der Waals surface area contributed by atoms with Crippen LogP contribution in [0, 0.1) is 18.7 Å². The molecule has 0 bridgehead atoms. The molecule has 3 rings (SSSR count). The third kappa shape index (κ3) is 4.52. The number of carbonyl (C=O) groups excluding carboxylic acids is 2. The maximum atomic E-state index is 14.0. The van der Waals surface area contributed by atoms with Gasteiger partial charge in [-0.3, -0.25) is 9.59 Å². The molecule has 2 heterocycles. The van der Waals surface area contributed by atoms with Crippen LogP contribution in [-0.4, -0.2) is 58.8 Å². The lowest BCUT2D eigenvalue weighted by atomic mass is 9.92. The number of amides is 2. The summed E-state index contributed by atoms with van der Waals surface area (Å²) in [5, 5.41) is 0. The van der Waals surface area contributed by atoms with Gasteiger partial charge in [-0.2, -0.15) is 0 Å². The van der Waals surface area contributed by atoms with Crippen molar-refractivity contribution in [1.82, 2.24) is 19.8 Å². The first-order valence-electron chi connectivity index (χ1n) is 9.45. The van der Waals surface area contributed by atoms with E-state index in [1.165, 1.54) is 17.0 Å². The maximum Gasteiger partial charge on any atom is 0.272 e. The predicted molar refractivity (Wildman–Crippen MR) is 104 cm³/mol. The van der Waals surface area contributed by atoms with E-state index in [-0.39, 0.29) is 23.3 Å². The zero-order valence-electron chi connectivity index (χ0n) is 16.5. The molecule has 6 nitrogen and oxygen atoms in total. The number of piperidine rings is 1. The molecule has 1 aromatic heterocycles. The van der Waals surface area contributed by atoms with Crippen LogP contribution in [0.15, 0.2) is 30.3 Å². The number of likely N-dealkylation sites (tertiary alicyclic amines) is 1. The lowest BCUT2D eigenvalue weighted by Crippen LogP contribution is -2.41. The highest BCUT2D eigenvalue weighted by atomic mass is 19.1. The van der Waals surface area contributed by atoms with E-state index in [2.05, 4.69) is 9.97 Å². The molecule has 1 aromatic carbocycles. The van der Waals surface area contributed by atoms with E-state index < -0.39 is 5.82 Å². The Balaban J connectivity index is 1.73. The third-order valence-electron chi connectivity index (χ3n) is 4.92. The minimum absolute atomic E-state index is 0.111. The second kappa shape index (κ2) is 8.46. The Morgan fingerprint density at radius 2 is 2.00 bits per heavy atom. The minimum atomic E-state index is -0.493. The summed E-state index contributed by atoms with van der Waals surface area (Å²) in [5.74, 6) is -0.163. The molecule has 0 radical (unpaired) electrons. The van der Waals surface area contributed by atoms with Crippen molar-refractivity contribution in [3.63, 3.8) is 0 Å². The van der Waals surface area contributed by atoms with E-state index in [0.29, 0.717) is 31.0 Å². The SMILES string of the molecule is Cc1nc(CC2CCCN(C(=O)c3ccccc3F)C2)cc(C(=O)N(C)C)n1. The van der Waals surface area contributed by atoms with E-state index in [0.717, 1.165) is 18.5 Å². The van der Waals surface area contributed by atoms with Crippen LogP contribution in [0.4, 0.5) is 4.39 Å². The molecule has 1 fully saturated rings. The van der Waals surface area contributed by atoms with Crippen molar-refractivity contribution in [1.29, 1.82) is 0 Å². The largest absolute Gasteiger partial charge is 0.343 e. The topological polar surface area (TPSA) is 66.4 Å². The monoisotopic (exact) mass is 384 g/mol. The second-order valence-electron chi connectivity index (χ2n) is 7.43. The van der Waals surface area contributed by atoms with Gasteiger partial charge in [-0.15, -0.1) is 0 Å². The fourth-order valence-corrected chi connectivity index (χ4v) is 3.59. The molecule has 2 aromatic rings. The molecular formula is C21H25FN4O2. The first-order chi connectivity index (χ1) is 13.3. The lowest BCUT2D eigenvalue weighted by Gasteiger charge is -2.33. The predicted octanol–water partition coefficient (Wildman–Crippen LogP) is 2.72. The maximum absolute atomic E-state index is 14.0. The molecular weight excluding hydrogens is 359 g/mol. The van der Waals surface area contributed by atoms with Crippen molar-refractivity contribution in [2.24, 2.45) is 5.92 Å². The summed E-state index contributed by atoms with van der Waals surface area (Å²) in [4.78, 5) is 36.8. The number of benzene rings is 1. The highest BCUT2D eigenvalue weighted by Gasteiger charge is 2.26. The standard InChI is InChI=1S/C21H25FN4O2/c1-14-23-16(12-19(24-14)21(28)25(2)3)11-15-7-6-10-26(13-15)20(27)17-8-4-5-9-18(17)22/h4-5,8-9,12,15H,6-7,10-11,13H2,1-3H3. The highest BCUT2D eigenvalue weighted by Crippen LogP contribution is 2.23. The van der Waals surface area contributed by atoms with Gasteiger partial charge in [-0.1, -0.05) is 12.1 Å². The summed E-state index contributed by atoms with van der Waals surface area (Å²) in [7, 11) is 3.37. The average Bonchev–Trinajstić information content (AvgIpc) is 2.67. The Bertz CT molecular complexity index is 884. The van der Waals surface area contributed by atoms with Crippen LogP contribution < -0.4 is 0 Å². The summed E-state index contributed by atoms with van der Waals surface area (Å²) in [5.41, 5.74) is 1.28. The fourth-order valence-electron chi connectivity index (χ4n) is 3.59. The number of hydrogen-bond donors (Lipinski definition) is 0. The van der Waals surface area contributed by atoms with Crippen LogP contribution in [-0.2, 0) is 6.42 Å². The van der Waals surface area contributed by atoms with E-state index >= 15 is 0 Å². The number of hydrogen-bond acceptors (Lipinski definition) is 4. The fraction of sp³-hybridized carbons (Fsp3) is 0.429. The van der Waals surface area contributed by atoms with Crippen molar-refractivity contribution in [3.05, 3.63) is 58.9 Å². The first kappa shape index (κ1) is 19.9. The molecule has 0 aliphatic carbocycles. The lowest BCUT2D eigenvalue weighted by molar-refractivity contribution is 0.0668. The van der Waals surface area contributed by atoms with Crippen molar-refractivity contribution in [3.8, 4) is 0 Å². The number of aromatic nitrogens is 2. The average molecular weight is 384 g/mol. The quantitative estimate of drug-likeness (QED) is 0.813. The molecule has 1 atom stereocenters. The van der Waals surface area contributed by atoms with Crippen molar-refractivity contribution >= 4 is 11.8 Å². The van der Waals surface area contributed by atoms with Gasteiger partial charge in [-0.25, -0.2) is 14.4 Å². The molecule has 1 saturated heterocycles. The molecule has 2 amide bonds. The van der Waals surface area contributed by atoms with Crippen molar-refractivity contribution < 1.29 is 14.0 Å². The summed E-state index contributed by atoms with van der Waals surface area (Å²) in [6.45, 7) is 2.94. The second-order valence-corrected chi connectivity index (χ2v) is 7.43. The van der Waals surface area contributed by atoms with E-state index in [9.17, 15) is 14.0 Å². The van der Waals surface area contributed by atoms with Crippen LogP contribution >= 0.6 is 0 Å². The third-order valence-corrected chi connectivity index (χ3v) is 4.92. The van der Waals surface area contributed by atoms with Gasteiger partial charge in [0.2, 0.25) is 0 Å². The van der Waals surface area contributed by atoms with Gasteiger partial charge in [0.05, 0.1) is 5.56 Å². The van der Waals surface area contributed by atoms with E-state index in [4.69, 9.17) is 0 Å². The first-order valence-corrected chi connectivity index (χ1v) is 9.45. The molecule has 148 valence electrons. The molecule has 1 unspecified atom stereocenters. The van der Waals surface area contributed by atoms with Crippen LogP contribution in [0.2, 0.25) is 0 Å². The number of nitrogens with zero attached hydrogens (tertiary/aromatic N) is 4. The minimum Gasteiger partial charge on any atom is -0.343 e. The summed E-state index contributed by atoms with van der Waals surface area (Å²) in [6, 6.07) is 7.81. The summed E-state index contributed by atoms with van der Waals surface area (Å²) < 4.78 is 14.0.